The minimum atomic E-state index is -0.183. The zero-order valence-corrected chi connectivity index (χ0v) is 26.1. The summed E-state index contributed by atoms with van der Waals surface area (Å²) in [6, 6.07) is 12.3. The average molecular weight is 617 g/mol. The monoisotopic (exact) mass is 615 g/mol. The van der Waals surface area contributed by atoms with Gasteiger partial charge in [-0.3, -0.25) is 9.59 Å². The summed E-state index contributed by atoms with van der Waals surface area (Å²) in [6.45, 7) is 4.96. The lowest BCUT2D eigenvalue weighted by Crippen LogP contribution is -2.47. The van der Waals surface area contributed by atoms with Gasteiger partial charge in [-0.05, 0) is 113 Å². The van der Waals surface area contributed by atoms with Crippen LogP contribution in [0.4, 0.5) is 10.1 Å². The van der Waals surface area contributed by atoms with E-state index in [0.29, 0.717) is 54.3 Å². The number of anilines is 1. The molecule has 0 bridgehead atoms. The number of amides is 2. The van der Waals surface area contributed by atoms with E-state index in [9.17, 15) is 14.0 Å². The molecule has 0 radical (unpaired) electrons. The third-order valence-electron chi connectivity index (χ3n) is 9.59. The molecule has 0 unspecified atom stereocenters. The van der Waals surface area contributed by atoms with Gasteiger partial charge in [-0.15, -0.1) is 0 Å². The van der Waals surface area contributed by atoms with Gasteiger partial charge in [0.15, 0.2) is 0 Å². The maximum atomic E-state index is 13.9. The summed E-state index contributed by atoms with van der Waals surface area (Å²) in [4.78, 5) is 33.4. The number of hydrogen-bond acceptors (Lipinski definition) is 3. The topological polar surface area (TPSA) is 43.9 Å². The van der Waals surface area contributed by atoms with Crippen LogP contribution in [0.25, 0.3) is 0 Å². The van der Waals surface area contributed by atoms with Crippen LogP contribution in [0.3, 0.4) is 0 Å². The van der Waals surface area contributed by atoms with Crippen LogP contribution in [0.2, 0.25) is 10.0 Å². The number of carbonyl (C=O) groups is 2. The van der Waals surface area contributed by atoms with E-state index in [2.05, 4.69) is 4.90 Å². The second-order valence-electron chi connectivity index (χ2n) is 12.5. The molecule has 0 spiro atoms. The quantitative estimate of drug-likeness (QED) is 0.291. The van der Waals surface area contributed by atoms with Crippen LogP contribution < -0.4 is 4.90 Å². The molecule has 5 nitrogen and oxygen atoms in total. The van der Waals surface area contributed by atoms with Gasteiger partial charge >= 0.3 is 0 Å². The van der Waals surface area contributed by atoms with Crippen molar-refractivity contribution in [3.05, 3.63) is 63.9 Å². The highest BCUT2D eigenvalue weighted by atomic mass is 35.5. The number of hydrogen-bond donors (Lipinski definition) is 0. The normalized spacial score (nSPS) is 19.6. The van der Waals surface area contributed by atoms with Gasteiger partial charge in [0, 0.05) is 37.2 Å². The molecule has 228 valence electrons. The van der Waals surface area contributed by atoms with Crippen LogP contribution in [0.5, 0.6) is 0 Å². The van der Waals surface area contributed by atoms with E-state index in [4.69, 9.17) is 23.2 Å². The highest BCUT2D eigenvalue weighted by molar-refractivity contribution is 6.42. The van der Waals surface area contributed by atoms with Crippen molar-refractivity contribution < 1.29 is 14.0 Å². The Balaban J connectivity index is 1.13. The lowest BCUT2D eigenvalue weighted by Gasteiger charge is -2.37. The molecule has 0 atom stereocenters. The van der Waals surface area contributed by atoms with Gasteiger partial charge in [0.2, 0.25) is 11.8 Å². The molecule has 2 heterocycles. The summed E-state index contributed by atoms with van der Waals surface area (Å²) in [6.07, 6.45) is 11.1. The Labute approximate surface area is 260 Å². The molecule has 2 aliphatic heterocycles. The van der Waals surface area contributed by atoms with Crippen LogP contribution >= 0.6 is 23.2 Å². The van der Waals surface area contributed by atoms with Crippen LogP contribution in [-0.4, -0.2) is 60.9 Å². The largest absolute Gasteiger partial charge is 0.342 e. The molecule has 3 fully saturated rings. The minimum absolute atomic E-state index is 0.0999. The standard InChI is InChI=1S/C34H44Cl2FN3O2/c35-31-12-11-30(24-32(31)36)40(34(42)28-15-21-39(22-16-28)33(41)27-5-2-1-3-6-27)18-4-17-38-19-13-26(14-20-38)23-25-7-9-29(37)10-8-25/h7-12,24,26-28H,1-6,13-23H2. The zero-order valence-electron chi connectivity index (χ0n) is 24.6. The van der Waals surface area contributed by atoms with E-state index in [0.717, 1.165) is 76.7 Å². The molecular formula is C34H44Cl2FN3O2. The summed E-state index contributed by atoms with van der Waals surface area (Å²) in [5.74, 6) is 0.928. The van der Waals surface area contributed by atoms with Crippen molar-refractivity contribution in [3.63, 3.8) is 0 Å². The van der Waals surface area contributed by atoms with Crippen LogP contribution in [-0.2, 0) is 16.0 Å². The highest BCUT2D eigenvalue weighted by Gasteiger charge is 2.33. The van der Waals surface area contributed by atoms with Crippen molar-refractivity contribution in [2.75, 3.05) is 44.2 Å². The summed E-state index contributed by atoms with van der Waals surface area (Å²) >= 11 is 12.6. The molecule has 1 saturated carbocycles. The van der Waals surface area contributed by atoms with Crippen molar-refractivity contribution in [1.82, 2.24) is 9.80 Å². The van der Waals surface area contributed by atoms with E-state index >= 15 is 0 Å². The second kappa shape index (κ2) is 15.0. The number of benzene rings is 2. The summed E-state index contributed by atoms with van der Waals surface area (Å²) in [5.41, 5.74) is 1.99. The number of nitrogens with zero attached hydrogens (tertiary/aromatic N) is 3. The second-order valence-corrected chi connectivity index (χ2v) is 13.3. The van der Waals surface area contributed by atoms with E-state index in [-0.39, 0.29) is 23.6 Å². The lowest BCUT2D eigenvalue weighted by molar-refractivity contribution is -0.139. The SMILES string of the molecule is O=C(C1CCCCC1)N1CCC(C(=O)N(CCCN2CCC(Cc3ccc(F)cc3)CC2)c2ccc(Cl)c(Cl)c2)CC1. The van der Waals surface area contributed by atoms with Gasteiger partial charge in [0.1, 0.15) is 5.82 Å². The van der Waals surface area contributed by atoms with Gasteiger partial charge in [-0.2, -0.15) is 0 Å². The maximum Gasteiger partial charge on any atom is 0.230 e. The van der Waals surface area contributed by atoms with Gasteiger partial charge in [-0.25, -0.2) is 4.39 Å². The molecule has 2 aromatic carbocycles. The van der Waals surface area contributed by atoms with E-state index < -0.39 is 0 Å². The number of rotatable bonds is 9. The predicted octanol–water partition coefficient (Wildman–Crippen LogP) is 7.63. The predicted molar refractivity (Wildman–Crippen MR) is 169 cm³/mol. The maximum absolute atomic E-state index is 13.9. The summed E-state index contributed by atoms with van der Waals surface area (Å²) in [7, 11) is 0. The molecule has 2 saturated heterocycles. The molecule has 3 aliphatic rings. The van der Waals surface area contributed by atoms with Crippen molar-refractivity contribution in [3.8, 4) is 0 Å². The molecule has 0 aromatic heterocycles. The van der Waals surface area contributed by atoms with Crippen molar-refractivity contribution in [2.24, 2.45) is 17.8 Å². The Hall–Kier alpha value is -2.15. The summed E-state index contributed by atoms with van der Waals surface area (Å²) < 4.78 is 13.2. The van der Waals surface area contributed by atoms with Gasteiger partial charge in [-0.1, -0.05) is 54.6 Å². The van der Waals surface area contributed by atoms with E-state index in [1.165, 1.54) is 12.0 Å². The minimum Gasteiger partial charge on any atom is -0.342 e. The first kappa shape index (κ1) is 31.3. The van der Waals surface area contributed by atoms with Gasteiger partial charge in [0.05, 0.1) is 10.0 Å². The molecule has 42 heavy (non-hydrogen) atoms. The third kappa shape index (κ3) is 8.27. The number of piperidine rings is 2. The lowest BCUT2D eigenvalue weighted by atomic mass is 9.87. The first-order chi connectivity index (χ1) is 20.4. The van der Waals surface area contributed by atoms with Gasteiger partial charge in [0.25, 0.3) is 0 Å². The van der Waals surface area contributed by atoms with Crippen molar-refractivity contribution in [1.29, 1.82) is 0 Å². The Morgan fingerprint density at radius 3 is 2.17 bits per heavy atom. The Morgan fingerprint density at radius 1 is 0.810 bits per heavy atom. The third-order valence-corrected chi connectivity index (χ3v) is 10.3. The smallest absolute Gasteiger partial charge is 0.230 e. The molecule has 8 heteroatoms. The fourth-order valence-corrected chi connectivity index (χ4v) is 7.31. The zero-order chi connectivity index (χ0) is 29.5. The van der Waals surface area contributed by atoms with Crippen LogP contribution in [0, 0.1) is 23.6 Å². The fraction of sp³-hybridized carbons (Fsp3) is 0.588. The first-order valence-electron chi connectivity index (χ1n) is 15.9. The Kier molecular flexibility index (Phi) is 11.2. The molecule has 2 aromatic rings. The number of likely N-dealkylation sites (tertiary alicyclic amines) is 2. The van der Waals surface area contributed by atoms with Crippen LogP contribution in [0.15, 0.2) is 42.5 Å². The molecule has 5 rings (SSSR count). The summed E-state index contributed by atoms with van der Waals surface area (Å²) in [5, 5.41) is 0.925. The highest BCUT2D eigenvalue weighted by Crippen LogP contribution is 2.32. The molecular weight excluding hydrogens is 572 g/mol. The van der Waals surface area contributed by atoms with Crippen molar-refractivity contribution >= 4 is 40.7 Å². The van der Waals surface area contributed by atoms with Crippen LogP contribution in [0.1, 0.15) is 69.8 Å². The Bertz CT molecular complexity index is 1190. The fourth-order valence-electron chi connectivity index (χ4n) is 7.01. The number of halogens is 3. The Morgan fingerprint density at radius 2 is 1.50 bits per heavy atom. The molecule has 0 N–H and O–H groups in total. The average Bonchev–Trinajstić information content (AvgIpc) is 3.02. The number of carbonyl (C=O) groups excluding carboxylic acids is 2. The van der Waals surface area contributed by atoms with Crippen molar-refractivity contribution in [2.45, 2.75) is 70.6 Å². The molecule has 1 aliphatic carbocycles. The van der Waals surface area contributed by atoms with E-state index in [1.54, 1.807) is 24.3 Å². The first-order valence-corrected chi connectivity index (χ1v) is 16.6. The van der Waals surface area contributed by atoms with E-state index in [1.807, 2.05) is 28.0 Å². The molecule has 2 amide bonds. The van der Waals surface area contributed by atoms with Gasteiger partial charge < -0.3 is 14.7 Å².